The molecule has 0 fully saturated rings. The Kier molecular flexibility index (Phi) is 6.21. The summed E-state index contributed by atoms with van der Waals surface area (Å²) < 4.78 is 4.54. The molecule has 0 bridgehead atoms. The van der Waals surface area contributed by atoms with Gasteiger partial charge in [-0.05, 0) is 13.3 Å². The second-order valence-corrected chi connectivity index (χ2v) is 2.76. The van der Waals surface area contributed by atoms with E-state index in [4.69, 9.17) is 5.26 Å². The number of carbonyl (C=O) groups is 1. The van der Waals surface area contributed by atoms with Crippen molar-refractivity contribution in [3.05, 3.63) is 11.8 Å². The second-order valence-electron chi connectivity index (χ2n) is 2.76. The van der Waals surface area contributed by atoms with Gasteiger partial charge in [0.25, 0.3) is 0 Å². The van der Waals surface area contributed by atoms with E-state index in [1.54, 1.807) is 11.1 Å². The molecule has 0 aromatic rings. The fraction of sp³-hybridized carbons (Fsp3) is 0.600. The molecule has 4 heteroatoms. The van der Waals surface area contributed by atoms with Crippen molar-refractivity contribution < 1.29 is 9.53 Å². The number of hydrogen-bond acceptors (Lipinski definition) is 4. The number of ether oxygens (including phenoxy) is 1. The highest BCUT2D eigenvalue weighted by Crippen LogP contribution is 2.01. The van der Waals surface area contributed by atoms with E-state index >= 15 is 0 Å². The normalized spacial score (nSPS) is 10.6. The topological polar surface area (TPSA) is 53.3 Å². The summed E-state index contributed by atoms with van der Waals surface area (Å²) in [6.45, 7) is 4.70. The Balaban J connectivity index is 4.35. The first kappa shape index (κ1) is 12.5. The number of esters is 1. The van der Waals surface area contributed by atoms with E-state index in [0.29, 0.717) is 18.5 Å². The molecule has 0 aromatic heterocycles. The van der Waals surface area contributed by atoms with Gasteiger partial charge in [0.05, 0.1) is 13.2 Å². The first-order chi connectivity index (χ1) is 6.67. The minimum absolute atomic E-state index is 0.193. The molecule has 0 spiro atoms. The van der Waals surface area contributed by atoms with E-state index in [1.807, 2.05) is 13.8 Å². The molecule has 14 heavy (non-hydrogen) atoms. The third-order valence-electron chi connectivity index (χ3n) is 1.83. The van der Waals surface area contributed by atoms with E-state index in [9.17, 15) is 4.79 Å². The predicted octanol–water partition coefficient (Wildman–Crippen LogP) is 1.30. The minimum atomic E-state index is -0.295. The molecule has 0 saturated carbocycles. The van der Waals surface area contributed by atoms with Crippen LogP contribution in [0.25, 0.3) is 0 Å². The van der Waals surface area contributed by atoms with Gasteiger partial charge < -0.3 is 9.64 Å². The van der Waals surface area contributed by atoms with Crippen LogP contribution >= 0.6 is 0 Å². The maximum absolute atomic E-state index is 11.0. The zero-order valence-electron chi connectivity index (χ0n) is 8.91. The number of nitriles is 1. The summed E-state index contributed by atoms with van der Waals surface area (Å²) in [4.78, 5) is 12.7. The average molecular weight is 196 g/mol. The SMILES string of the molecule is CC/C(C#N)=C\N(CC)CC(=O)OC. The van der Waals surface area contributed by atoms with Gasteiger partial charge >= 0.3 is 5.97 Å². The monoisotopic (exact) mass is 196 g/mol. The number of allylic oxidation sites excluding steroid dienone is 1. The van der Waals surface area contributed by atoms with Crippen molar-refractivity contribution in [2.24, 2.45) is 0 Å². The van der Waals surface area contributed by atoms with Crippen LogP contribution in [0.2, 0.25) is 0 Å². The highest BCUT2D eigenvalue weighted by Gasteiger charge is 2.05. The summed E-state index contributed by atoms with van der Waals surface area (Å²) in [5.41, 5.74) is 0.663. The van der Waals surface area contributed by atoms with Crippen LogP contribution in [0.4, 0.5) is 0 Å². The van der Waals surface area contributed by atoms with Gasteiger partial charge in [0.15, 0.2) is 0 Å². The first-order valence-corrected chi connectivity index (χ1v) is 4.59. The lowest BCUT2D eigenvalue weighted by Crippen LogP contribution is -2.26. The van der Waals surface area contributed by atoms with Crippen LogP contribution < -0.4 is 0 Å². The maximum atomic E-state index is 11.0. The van der Waals surface area contributed by atoms with Crippen molar-refractivity contribution in [1.82, 2.24) is 4.90 Å². The van der Waals surface area contributed by atoms with Crippen molar-refractivity contribution in [3.63, 3.8) is 0 Å². The van der Waals surface area contributed by atoms with Gasteiger partial charge in [-0.3, -0.25) is 4.79 Å². The van der Waals surface area contributed by atoms with Gasteiger partial charge in [0.1, 0.15) is 6.54 Å². The number of carbonyl (C=O) groups excluding carboxylic acids is 1. The minimum Gasteiger partial charge on any atom is -0.468 e. The largest absolute Gasteiger partial charge is 0.468 e. The fourth-order valence-electron chi connectivity index (χ4n) is 0.899. The Morgan fingerprint density at radius 2 is 2.21 bits per heavy atom. The highest BCUT2D eigenvalue weighted by atomic mass is 16.5. The van der Waals surface area contributed by atoms with Crippen molar-refractivity contribution in [2.45, 2.75) is 20.3 Å². The Hall–Kier alpha value is -1.50. The Morgan fingerprint density at radius 1 is 1.57 bits per heavy atom. The van der Waals surface area contributed by atoms with Crippen LogP contribution in [0.15, 0.2) is 11.8 Å². The van der Waals surface area contributed by atoms with E-state index < -0.39 is 0 Å². The number of rotatable bonds is 5. The summed E-state index contributed by atoms with van der Waals surface area (Å²) in [5.74, 6) is -0.295. The summed E-state index contributed by atoms with van der Waals surface area (Å²) in [6, 6.07) is 2.08. The van der Waals surface area contributed by atoms with Gasteiger partial charge in [-0.1, -0.05) is 6.92 Å². The molecule has 78 valence electrons. The second kappa shape index (κ2) is 6.96. The van der Waals surface area contributed by atoms with Crippen LogP contribution in [-0.2, 0) is 9.53 Å². The van der Waals surface area contributed by atoms with Crippen LogP contribution in [0, 0.1) is 11.3 Å². The molecule has 0 aliphatic heterocycles. The predicted molar refractivity (Wildman–Crippen MR) is 53.3 cm³/mol. The lowest BCUT2D eigenvalue weighted by molar-refractivity contribution is -0.141. The van der Waals surface area contributed by atoms with Crippen LogP contribution in [-0.4, -0.2) is 31.1 Å². The lowest BCUT2D eigenvalue weighted by atomic mass is 10.2. The zero-order valence-corrected chi connectivity index (χ0v) is 8.91. The molecule has 0 N–H and O–H groups in total. The molecule has 0 saturated heterocycles. The van der Waals surface area contributed by atoms with E-state index in [2.05, 4.69) is 10.8 Å². The van der Waals surface area contributed by atoms with Crippen LogP contribution in [0.1, 0.15) is 20.3 Å². The highest BCUT2D eigenvalue weighted by molar-refractivity contribution is 5.71. The third-order valence-corrected chi connectivity index (χ3v) is 1.83. The van der Waals surface area contributed by atoms with Crippen molar-refractivity contribution >= 4 is 5.97 Å². The average Bonchev–Trinajstić information content (AvgIpc) is 2.23. The van der Waals surface area contributed by atoms with Crippen LogP contribution in [0.3, 0.4) is 0 Å². The number of likely N-dealkylation sites (N-methyl/N-ethyl adjacent to an activating group) is 1. The lowest BCUT2D eigenvalue weighted by Gasteiger charge is -2.16. The maximum Gasteiger partial charge on any atom is 0.325 e. The van der Waals surface area contributed by atoms with Crippen LogP contribution in [0.5, 0.6) is 0 Å². The molecule has 0 aliphatic carbocycles. The van der Waals surface area contributed by atoms with Gasteiger partial charge in [-0.25, -0.2) is 0 Å². The summed E-state index contributed by atoms with van der Waals surface area (Å²) in [6.07, 6.45) is 2.38. The molecule has 0 aliphatic rings. The van der Waals surface area contributed by atoms with Gasteiger partial charge in [-0.15, -0.1) is 0 Å². The quantitative estimate of drug-likeness (QED) is 0.491. The molecule has 4 nitrogen and oxygen atoms in total. The summed E-state index contributed by atoms with van der Waals surface area (Å²) >= 11 is 0. The third kappa shape index (κ3) is 4.51. The molecule has 0 heterocycles. The first-order valence-electron chi connectivity index (χ1n) is 4.59. The van der Waals surface area contributed by atoms with Gasteiger partial charge in [0, 0.05) is 18.3 Å². The standard InChI is InChI=1S/C10H16N2O2/c1-4-9(6-11)7-12(5-2)8-10(13)14-3/h7H,4-5,8H2,1-3H3/b9-7+. The Labute approximate surface area is 84.8 Å². The zero-order chi connectivity index (χ0) is 11.0. The fourth-order valence-corrected chi connectivity index (χ4v) is 0.899. The molecule has 0 amide bonds. The Morgan fingerprint density at radius 3 is 2.57 bits per heavy atom. The Bertz CT molecular complexity index is 253. The van der Waals surface area contributed by atoms with Crippen molar-refractivity contribution in [3.8, 4) is 6.07 Å². The molecule has 0 rings (SSSR count). The number of methoxy groups -OCH3 is 1. The number of hydrogen-bond donors (Lipinski definition) is 0. The molecular weight excluding hydrogens is 180 g/mol. The van der Waals surface area contributed by atoms with E-state index in [-0.39, 0.29) is 12.5 Å². The molecule has 0 aromatic carbocycles. The molecule has 0 unspecified atom stereocenters. The summed E-state index contributed by atoms with van der Waals surface area (Å²) in [7, 11) is 1.35. The van der Waals surface area contributed by atoms with E-state index in [0.717, 1.165) is 0 Å². The van der Waals surface area contributed by atoms with E-state index in [1.165, 1.54) is 7.11 Å². The smallest absolute Gasteiger partial charge is 0.325 e. The number of nitrogens with zero attached hydrogens (tertiary/aromatic N) is 2. The molecule has 0 atom stereocenters. The van der Waals surface area contributed by atoms with Crippen molar-refractivity contribution in [2.75, 3.05) is 20.2 Å². The summed E-state index contributed by atoms with van der Waals surface area (Å²) in [5, 5.41) is 8.70. The van der Waals surface area contributed by atoms with Gasteiger partial charge in [-0.2, -0.15) is 5.26 Å². The van der Waals surface area contributed by atoms with Gasteiger partial charge in [0.2, 0.25) is 0 Å². The molecule has 0 radical (unpaired) electrons. The molecular formula is C10H16N2O2. The van der Waals surface area contributed by atoms with Crippen molar-refractivity contribution in [1.29, 1.82) is 5.26 Å².